The quantitative estimate of drug-likeness (QED) is 0.341. The number of benzene rings is 3. The zero-order valence-electron chi connectivity index (χ0n) is 14.3. The van der Waals surface area contributed by atoms with E-state index in [-0.39, 0.29) is 5.69 Å². The molecule has 6 heteroatoms. The van der Waals surface area contributed by atoms with Gasteiger partial charge in [0.25, 0.3) is 5.69 Å². The Balaban J connectivity index is 1.66. The molecule has 0 spiro atoms. The van der Waals surface area contributed by atoms with Gasteiger partial charge in [0.1, 0.15) is 0 Å². The normalized spacial score (nSPS) is 10.8. The molecule has 0 amide bonds. The van der Waals surface area contributed by atoms with Crippen molar-refractivity contribution in [3.05, 3.63) is 94.0 Å². The highest BCUT2D eigenvalue weighted by atomic mass is 16.6. The summed E-state index contributed by atoms with van der Waals surface area (Å²) in [4.78, 5) is 10.2. The summed E-state index contributed by atoms with van der Waals surface area (Å²) in [6.45, 7) is 2.72. The van der Waals surface area contributed by atoms with Crippen molar-refractivity contribution >= 4 is 22.7 Å². The molecule has 130 valence electrons. The molecule has 0 aliphatic carbocycles. The van der Waals surface area contributed by atoms with Gasteiger partial charge in [-0.05, 0) is 48.4 Å². The molecule has 0 fully saturated rings. The standard InChI is InChI=1S/C20H18N4O2/c1-15-13-18(21-14-16-5-3-2-4-6-16)9-12-20(15)23-22-17-7-10-19(11-8-17)24(25)26/h2-13,21H,14H2,1H3. The number of hydrogen-bond donors (Lipinski definition) is 1. The van der Waals surface area contributed by atoms with E-state index in [1.807, 2.05) is 43.3 Å². The maximum atomic E-state index is 10.7. The van der Waals surface area contributed by atoms with Crippen LogP contribution in [-0.2, 0) is 6.54 Å². The van der Waals surface area contributed by atoms with Gasteiger partial charge in [0.05, 0.1) is 16.3 Å². The molecule has 3 rings (SSSR count). The third-order valence-electron chi connectivity index (χ3n) is 3.87. The van der Waals surface area contributed by atoms with E-state index in [2.05, 4.69) is 27.7 Å². The SMILES string of the molecule is Cc1cc(NCc2ccccc2)ccc1N=Nc1ccc([N+](=O)[O-])cc1. The molecule has 0 radical (unpaired) electrons. The first kappa shape index (κ1) is 17.3. The van der Waals surface area contributed by atoms with Gasteiger partial charge in [-0.15, -0.1) is 0 Å². The monoisotopic (exact) mass is 346 g/mol. The topological polar surface area (TPSA) is 79.9 Å². The van der Waals surface area contributed by atoms with E-state index in [1.165, 1.54) is 17.7 Å². The molecule has 0 bridgehead atoms. The van der Waals surface area contributed by atoms with E-state index in [9.17, 15) is 10.1 Å². The first-order chi connectivity index (χ1) is 12.6. The molecular weight excluding hydrogens is 328 g/mol. The zero-order valence-corrected chi connectivity index (χ0v) is 14.3. The minimum atomic E-state index is -0.438. The summed E-state index contributed by atoms with van der Waals surface area (Å²) in [6.07, 6.45) is 0. The van der Waals surface area contributed by atoms with Gasteiger partial charge in [-0.25, -0.2) is 0 Å². The number of nitro benzene ring substituents is 1. The largest absolute Gasteiger partial charge is 0.381 e. The molecule has 3 aromatic rings. The van der Waals surface area contributed by atoms with Crippen molar-refractivity contribution in [3.8, 4) is 0 Å². The van der Waals surface area contributed by atoms with E-state index in [4.69, 9.17) is 0 Å². The van der Waals surface area contributed by atoms with Crippen LogP contribution in [0.4, 0.5) is 22.7 Å². The van der Waals surface area contributed by atoms with Gasteiger partial charge in [-0.2, -0.15) is 10.2 Å². The highest BCUT2D eigenvalue weighted by Gasteiger charge is 2.04. The number of rotatable bonds is 6. The highest BCUT2D eigenvalue weighted by Crippen LogP contribution is 2.26. The lowest BCUT2D eigenvalue weighted by molar-refractivity contribution is -0.384. The van der Waals surface area contributed by atoms with Crippen LogP contribution in [0.15, 0.2) is 83.0 Å². The van der Waals surface area contributed by atoms with Crippen LogP contribution in [0.2, 0.25) is 0 Å². The van der Waals surface area contributed by atoms with Crippen molar-refractivity contribution in [1.29, 1.82) is 0 Å². The van der Waals surface area contributed by atoms with Crippen LogP contribution < -0.4 is 5.32 Å². The van der Waals surface area contributed by atoms with E-state index < -0.39 is 4.92 Å². The van der Waals surface area contributed by atoms with Crippen molar-refractivity contribution < 1.29 is 4.92 Å². The van der Waals surface area contributed by atoms with Crippen LogP contribution >= 0.6 is 0 Å². The van der Waals surface area contributed by atoms with Gasteiger partial charge in [0.2, 0.25) is 0 Å². The van der Waals surface area contributed by atoms with Gasteiger partial charge in [0, 0.05) is 24.4 Å². The second-order valence-electron chi connectivity index (χ2n) is 5.81. The number of aryl methyl sites for hydroxylation is 1. The predicted octanol–water partition coefficient (Wildman–Crippen LogP) is 5.93. The second kappa shape index (κ2) is 8.02. The van der Waals surface area contributed by atoms with Crippen LogP contribution in [-0.4, -0.2) is 4.92 Å². The third kappa shape index (κ3) is 4.51. The smallest absolute Gasteiger partial charge is 0.269 e. The number of azo groups is 1. The first-order valence-corrected chi connectivity index (χ1v) is 8.16. The second-order valence-corrected chi connectivity index (χ2v) is 5.81. The van der Waals surface area contributed by atoms with Gasteiger partial charge in [-0.1, -0.05) is 30.3 Å². The molecule has 26 heavy (non-hydrogen) atoms. The Hall–Kier alpha value is -3.54. The predicted molar refractivity (Wildman–Crippen MR) is 102 cm³/mol. The maximum Gasteiger partial charge on any atom is 0.269 e. The molecule has 6 nitrogen and oxygen atoms in total. The van der Waals surface area contributed by atoms with Crippen LogP contribution in [0.3, 0.4) is 0 Å². The van der Waals surface area contributed by atoms with Crippen molar-refractivity contribution in [1.82, 2.24) is 0 Å². The fraction of sp³-hybridized carbons (Fsp3) is 0.100. The number of nitro groups is 1. The Bertz CT molecular complexity index is 922. The minimum Gasteiger partial charge on any atom is -0.381 e. The molecule has 0 aliphatic rings. The number of nitrogens with one attached hydrogen (secondary N) is 1. The summed E-state index contributed by atoms with van der Waals surface area (Å²) in [7, 11) is 0. The Morgan fingerprint density at radius 3 is 2.35 bits per heavy atom. The van der Waals surface area contributed by atoms with Crippen molar-refractivity contribution in [2.75, 3.05) is 5.32 Å². The molecule has 1 N–H and O–H groups in total. The summed E-state index contributed by atoms with van der Waals surface area (Å²) in [5.74, 6) is 0. The van der Waals surface area contributed by atoms with Gasteiger partial charge < -0.3 is 5.32 Å². The number of nitrogens with zero attached hydrogens (tertiary/aromatic N) is 3. The van der Waals surface area contributed by atoms with Crippen LogP contribution in [0.1, 0.15) is 11.1 Å². The van der Waals surface area contributed by atoms with E-state index in [0.29, 0.717) is 5.69 Å². The lowest BCUT2D eigenvalue weighted by atomic mass is 10.1. The Labute approximate surface area is 151 Å². The number of non-ortho nitro benzene ring substituents is 1. The Kier molecular flexibility index (Phi) is 5.34. The van der Waals surface area contributed by atoms with Crippen LogP contribution in [0.5, 0.6) is 0 Å². The molecule has 0 saturated carbocycles. The van der Waals surface area contributed by atoms with Crippen molar-refractivity contribution in [3.63, 3.8) is 0 Å². The summed E-state index contributed by atoms with van der Waals surface area (Å²) in [6, 6.07) is 22.0. The van der Waals surface area contributed by atoms with Crippen molar-refractivity contribution in [2.24, 2.45) is 10.2 Å². The molecule has 0 heterocycles. The molecule has 0 unspecified atom stereocenters. The average Bonchev–Trinajstić information content (AvgIpc) is 2.67. The zero-order chi connectivity index (χ0) is 18.4. The van der Waals surface area contributed by atoms with Gasteiger partial charge in [0.15, 0.2) is 0 Å². The van der Waals surface area contributed by atoms with Crippen LogP contribution in [0.25, 0.3) is 0 Å². The van der Waals surface area contributed by atoms with E-state index in [1.54, 1.807) is 12.1 Å². The van der Waals surface area contributed by atoms with Crippen LogP contribution in [0, 0.1) is 17.0 Å². The molecule has 0 atom stereocenters. The van der Waals surface area contributed by atoms with Gasteiger partial charge in [-0.3, -0.25) is 10.1 Å². The fourth-order valence-electron chi connectivity index (χ4n) is 2.43. The highest BCUT2D eigenvalue weighted by molar-refractivity contribution is 5.56. The molecular formula is C20H18N4O2. The fourth-order valence-corrected chi connectivity index (χ4v) is 2.43. The lowest BCUT2D eigenvalue weighted by Crippen LogP contribution is -1.99. The summed E-state index contributed by atoms with van der Waals surface area (Å²) in [5, 5.41) is 22.4. The van der Waals surface area contributed by atoms with Crippen molar-refractivity contribution in [2.45, 2.75) is 13.5 Å². The van der Waals surface area contributed by atoms with Gasteiger partial charge >= 0.3 is 0 Å². The third-order valence-corrected chi connectivity index (χ3v) is 3.87. The Morgan fingerprint density at radius 2 is 1.69 bits per heavy atom. The number of hydrogen-bond acceptors (Lipinski definition) is 5. The molecule has 3 aromatic carbocycles. The summed E-state index contributed by atoms with van der Waals surface area (Å²) in [5.41, 5.74) is 4.59. The lowest BCUT2D eigenvalue weighted by Gasteiger charge is -2.08. The molecule has 0 aromatic heterocycles. The maximum absolute atomic E-state index is 10.7. The number of anilines is 1. The average molecular weight is 346 g/mol. The minimum absolute atomic E-state index is 0.0361. The summed E-state index contributed by atoms with van der Waals surface area (Å²) < 4.78 is 0. The van der Waals surface area contributed by atoms with E-state index in [0.717, 1.165) is 23.5 Å². The van der Waals surface area contributed by atoms with E-state index >= 15 is 0 Å². The molecule has 0 saturated heterocycles. The summed E-state index contributed by atoms with van der Waals surface area (Å²) >= 11 is 0. The first-order valence-electron chi connectivity index (χ1n) is 8.16. The Morgan fingerprint density at radius 1 is 0.962 bits per heavy atom. The molecule has 0 aliphatic heterocycles.